The van der Waals surface area contributed by atoms with Crippen molar-refractivity contribution in [1.29, 1.82) is 0 Å². The zero-order chi connectivity index (χ0) is 19.1. The van der Waals surface area contributed by atoms with Crippen molar-refractivity contribution in [1.82, 2.24) is 25.2 Å². The van der Waals surface area contributed by atoms with Crippen molar-refractivity contribution in [2.45, 2.75) is 51.5 Å². The molecule has 7 nitrogen and oxygen atoms in total. The molecular formula is C21H27N5O2. The molecule has 0 aromatic carbocycles. The Hall–Kier alpha value is -2.44. The Morgan fingerprint density at radius 1 is 1.00 bits per heavy atom. The van der Waals surface area contributed by atoms with Crippen LogP contribution in [0.3, 0.4) is 0 Å². The summed E-state index contributed by atoms with van der Waals surface area (Å²) < 4.78 is 1.84. The topological polar surface area (TPSA) is 88.4 Å². The van der Waals surface area contributed by atoms with Crippen LogP contribution in [0.15, 0.2) is 24.4 Å². The van der Waals surface area contributed by atoms with Crippen LogP contribution in [-0.2, 0) is 16.1 Å². The van der Waals surface area contributed by atoms with Gasteiger partial charge in [-0.3, -0.25) is 14.0 Å². The molecule has 2 aromatic heterocycles. The van der Waals surface area contributed by atoms with E-state index in [1.165, 1.54) is 38.5 Å². The number of rotatable bonds is 6. The van der Waals surface area contributed by atoms with E-state index in [1.54, 1.807) is 0 Å². The first-order valence-corrected chi connectivity index (χ1v) is 10.4. The largest absolute Gasteiger partial charge is 0.347 e. The second kappa shape index (κ2) is 6.87. The summed E-state index contributed by atoms with van der Waals surface area (Å²) in [6.45, 7) is 0.302. The molecule has 0 saturated heterocycles. The maximum atomic E-state index is 12.5. The van der Waals surface area contributed by atoms with E-state index in [2.05, 4.69) is 20.8 Å². The number of hydrogen-bond donors (Lipinski definition) is 2. The van der Waals surface area contributed by atoms with Gasteiger partial charge in [-0.2, -0.15) is 0 Å². The second-order valence-electron chi connectivity index (χ2n) is 9.19. The van der Waals surface area contributed by atoms with Gasteiger partial charge in [-0.05, 0) is 73.8 Å². The number of aromatic nitrogens is 3. The van der Waals surface area contributed by atoms with Crippen LogP contribution in [0.25, 0.3) is 5.65 Å². The van der Waals surface area contributed by atoms with Gasteiger partial charge in [-0.25, -0.2) is 0 Å². The third-order valence-electron chi connectivity index (χ3n) is 6.97. The van der Waals surface area contributed by atoms with Crippen molar-refractivity contribution >= 4 is 17.5 Å². The first kappa shape index (κ1) is 17.6. The monoisotopic (exact) mass is 381 g/mol. The maximum absolute atomic E-state index is 12.5. The highest BCUT2D eigenvalue weighted by Gasteiger charge is 2.51. The van der Waals surface area contributed by atoms with E-state index in [4.69, 9.17) is 0 Å². The minimum atomic E-state index is -0.202. The number of nitrogens with one attached hydrogen (secondary N) is 2. The number of carbonyl (C=O) groups is 2. The minimum absolute atomic E-state index is 0.0158. The predicted molar refractivity (Wildman–Crippen MR) is 103 cm³/mol. The Labute approximate surface area is 164 Å². The summed E-state index contributed by atoms with van der Waals surface area (Å²) in [6, 6.07) is 5.65. The molecule has 2 N–H and O–H groups in total. The first-order chi connectivity index (χ1) is 13.6. The van der Waals surface area contributed by atoms with Crippen molar-refractivity contribution in [3.05, 3.63) is 30.2 Å². The van der Waals surface area contributed by atoms with Crippen molar-refractivity contribution in [3.63, 3.8) is 0 Å². The lowest BCUT2D eigenvalue weighted by atomic mass is 9.49. The van der Waals surface area contributed by atoms with E-state index >= 15 is 0 Å². The first-order valence-electron chi connectivity index (χ1n) is 10.4. The summed E-state index contributed by atoms with van der Waals surface area (Å²) in [4.78, 5) is 24.7. The third-order valence-corrected chi connectivity index (χ3v) is 6.97. The summed E-state index contributed by atoms with van der Waals surface area (Å²) in [5.41, 5.74) is 0.950. The molecule has 7 heteroatoms. The van der Waals surface area contributed by atoms with Gasteiger partial charge < -0.3 is 10.6 Å². The maximum Gasteiger partial charge on any atom is 0.239 e. The van der Waals surface area contributed by atoms with Gasteiger partial charge in [0.05, 0.1) is 13.1 Å². The van der Waals surface area contributed by atoms with E-state index in [-0.39, 0.29) is 30.3 Å². The highest BCUT2D eigenvalue weighted by molar-refractivity contribution is 5.84. The van der Waals surface area contributed by atoms with Crippen LogP contribution < -0.4 is 10.6 Å². The second-order valence-corrected chi connectivity index (χ2v) is 9.19. The van der Waals surface area contributed by atoms with Gasteiger partial charge in [0.1, 0.15) is 0 Å². The third kappa shape index (κ3) is 3.38. The van der Waals surface area contributed by atoms with E-state index < -0.39 is 0 Å². The molecule has 2 heterocycles. The van der Waals surface area contributed by atoms with Gasteiger partial charge in [0.2, 0.25) is 11.8 Å². The van der Waals surface area contributed by atoms with Crippen LogP contribution in [-0.4, -0.2) is 33.0 Å². The number of carbonyl (C=O) groups excluding carboxylic acids is 2. The van der Waals surface area contributed by atoms with E-state index in [9.17, 15) is 9.59 Å². The average Bonchev–Trinajstić information content (AvgIpc) is 3.06. The van der Waals surface area contributed by atoms with Crippen LogP contribution in [0.4, 0.5) is 0 Å². The molecule has 0 aliphatic heterocycles. The fraction of sp³-hybridized carbons (Fsp3) is 0.619. The summed E-state index contributed by atoms with van der Waals surface area (Å²) in [5.74, 6) is 2.99. The van der Waals surface area contributed by atoms with Crippen LogP contribution in [0.1, 0.15) is 50.8 Å². The molecule has 4 bridgehead atoms. The molecule has 148 valence electrons. The number of nitrogens with zero attached hydrogens (tertiary/aromatic N) is 3. The Balaban J connectivity index is 1.10. The molecule has 6 rings (SSSR count). The van der Waals surface area contributed by atoms with Crippen molar-refractivity contribution < 1.29 is 9.59 Å². The molecular weight excluding hydrogens is 354 g/mol. The number of pyridine rings is 1. The zero-order valence-electron chi connectivity index (χ0n) is 16.1. The Morgan fingerprint density at radius 2 is 1.71 bits per heavy atom. The van der Waals surface area contributed by atoms with Crippen molar-refractivity contribution in [2.75, 3.05) is 6.54 Å². The summed E-state index contributed by atoms with van der Waals surface area (Å²) >= 11 is 0. The molecule has 0 unspecified atom stereocenters. The molecule has 4 aliphatic rings. The highest BCUT2D eigenvalue weighted by atomic mass is 16.2. The lowest BCUT2D eigenvalue weighted by Crippen LogP contribution is -2.48. The van der Waals surface area contributed by atoms with Gasteiger partial charge in [0.25, 0.3) is 0 Å². The molecule has 0 atom stereocenters. The van der Waals surface area contributed by atoms with Gasteiger partial charge >= 0.3 is 0 Å². The number of amides is 2. The lowest BCUT2D eigenvalue weighted by molar-refractivity contribution is -0.132. The molecule has 0 spiro atoms. The molecule has 2 amide bonds. The van der Waals surface area contributed by atoms with E-state index in [1.807, 2.05) is 28.8 Å². The lowest BCUT2D eigenvalue weighted by Gasteiger charge is -2.56. The summed E-state index contributed by atoms with van der Waals surface area (Å²) in [6.07, 6.45) is 10.2. The number of fused-ring (bicyclic) bond motifs is 1. The normalized spacial score (nSPS) is 30.5. The van der Waals surface area contributed by atoms with Crippen LogP contribution >= 0.6 is 0 Å². The van der Waals surface area contributed by atoms with E-state index in [0.717, 1.165) is 23.4 Å². The number of hydrogen-bond acceptors (Lipinski definition) is 4. The quantitative estimate of drug-likeness (QED) is 0.802. The Kier molecular flexibility index (Phi) is 4.33. The minimum Gasteiger partial charge on any atom is -0.347 e. The van der Waals surface area contributed by atoms with Gasteiger partial charge in [0, 0.05) is 12.6 Å². The highest BCUT2D eigenvalue weighted by Crippen LogP contribution is 2.61. The molecule has 4 aliphatic carbocycles. The van der Waals surface area contributed by atoms with E-state index in [0.29, 0.717) is 12.2 Å². The van der Waals surface area contributed by atoms with Crippen molar-refractivity contribution in [2.24, 2.45) is 23.2 Å². The predicted octanol–water partition coefficient (Wildman–Crippen LogP) is 2.07. The molecule has 2 aromatic rings. The summed E-state index contributed by atoms with van der Waals surface area (Å²) in [5, 5.41) is 13.8. The molecule has 0 radical (unpaired) electrons. The zero-order valence-corrected chi connectivity index (χ0v) is 16.1. The van der Waals surface area contributed by atoms with Crippen LogP contribution in [0.2, 0.25) is 0 Å². The summed E-state index contributed by atoms with van der Waals surface area (Å²) in [7, 11) is 0. The Morgan fingerprint density at radius 3 is 2.43 bits per heavy atom. The fourth-order valence-electron chi connectivity index (χ4n) is 6.34. The van der Waals surface area contributed by atoms with Gasteiger partial charge in [0.15, 0.2) is 11.5 Å². The van der Waals surface area contributed by atoms with Gasteiger partial charge in [-0.15, -0.1) is 10.2 Å². The smallest absolute Gasteiger partial charge is 0.239 e. The fourth-order valence-corrected chi connectivity index (χ4v) is 6.34. The SMILES string of the molecule is O=C(CNC(=O)CC12CC3CC(CC(C3)C1)C2)NCc1nnc2ccccn12. The van der Waals surface area contributed by atoms with Crippen LogP contribution in [0.5, 0.6) is 0 Å². The average molecular weight is 381 g/mol. The Bertz CT molecular complexity index is 870. The molecule has 4 fully saturated rings. The van der Waals surface area contributed by atoms with Crippen molar-refractivity contribution in [3.8, 4) is 0 Å². The standard InChI is InChI=1S/C21H27N5O2/c27-19(11-21-8-14-5-15(9-21)7-16(6-14)10-21)23-13-20(28)22-12-18-25-24-17-3-1-2-4-26(17)18/h1-4,14-16H,5-13H2,(H,22,28)(H,23,27). The molecule has 28 heavy (non-hydrogen) atoms. The van der Waals surface area contributed by atoms with Gasteiger partial charge in [-0.1, -0.05) is 6.07 Å². The van der Waals surface area contributed by atoms with Crippen LogP contribution in [0, 0.1) is 23.2 Å². The molecule has 4 saturated carbocycles.